The van der Waals surface area contributed by atoms with Gasteiger partial charge in [-0.1, -0.05) is 23.7 Å². The SMILES string of the molecule is O=C(Cc1cccc(Cl)c1)Nc1ccc2c(c1)OC1(CCCC1)O2. The van der Waals surface area contributed by atoms with Crippen molar-refractivity contribution in [2.75, 3.05) is 5.32 Å². The quantitative estimate of drug-likeness (QED) is 0.888. The molecule has 0 radical (unpaired) electrons. The van der Waals surface area contributed by atoms with Crippen molar-refractivity contribution < 1.29 is 14.3 Å². The summed E-state index contributed by atoms with van der Waals surface area (Å²) in [5.74, 6) is 0.889. The standard InChI is InChI=1S/C19H18ClNO3/c20-14-5-3-4-13(10-14)11-18(22)21-15-6-7-16-17(12-15)24-19(23-16)8-1-2-9-19/h3-7,10,12H,1-2,8-9,11H2,(H,21,22). The molecule has 2 aromatic carbocycles. The number of benzene rings is 2. The Morgan fingerprint density at radius 2 is 1.88 bits per heavy atom. The van der Waals surface area contributed by atoms with Gasteiger partial charge in [0.2, 0.25) is 5.91 Å². The summed E-state index contributed by atoms with van der Waals surface area (Å²) in [7, 11) is 0. The molecule has 5 heteroatoms. The van der Waals surface area contributed by atoms with Crippen LogP contribution in [0.25, 0.3) is 0 Å². The van der Waals surface area contributed by atoms with E-state index in [0.717, 1.165) is 37.0 Å². The van der Waals surface area contributed by atoms with E-state index in [-0.39, 0.29) is 12.3 Å². The van der Waals surface area contributed by atoms with Gasteiger partial charge in [-0.15, -0.1) is 0 Å². The Morgan fingerprint density at radius 3 is 2.67 bits per heavy atom. The summed E-state index contributed by atoms with van der Waals surface area (Å²) in [5.41, 5.74) is 1.59. The highest BCUT2D eigenvalue weighted by Gasteiger charge is 2.44. The molecule has 1 aliphatic heterocycles. The van der Waals surface area contributed by atoms with Crippen LogP contribution in [0.5, 0.6) is 11.5 Å². The Hall–Kier alpha value is -2.20. The number of rotatable bonds is 3. The number of fused-ring (bicyclic) bond motifs is 1. The van der Waals surface area contributed by atoms with Crippen molar-refractivity contribution in [3.8, 4) is 11.5 Å². The maximum absolute atomic E-state index is 12.2. The van der Waals surface area contributed by atoms with Crippen molar-refractivity contribution in [3.63, 3.8) is 0 Å². The first kappa shape index (κ1) is 15.3. The van der Waals surface area contributed by atoms with E-state index in [1.807, 2.05) is 30.3 Å². The van der Waals surface area contributed by atoms with Gasteiger partial charge in [0.05, 0.1) is 6.42 Å². The zero-order chi connectivity index (χ0) is 16.6. The maximum atomic E-state index is 12.2. The topological polar surface area (TPSA) is 47.6 Å². The highest BCUT2D eigenvalue weighted by molar-refractivity contribution is 6.30. The van der Waals surface area contributed by atoms with Gasteiger partial charge in [-0.05, 0) is 42.7 Å². The molecule has 1 spiro atoms. The fourth-order valence-corrected chi connectivity index (χ4v) is 3.54. The summed E-state index contributed by atoms with van der Waals surface area (Å²) in [6.07, 6.45) is 4.35. The first-order valence-electron chi connectivity index (χ1n) is 8.18. The van der Waals surface area contributed by atoms with Gasteiger partial charge in [-0.3, -0.25) is 4.79 Å². The second kappa shape index (κ2) is 6.02. The number of ether oxygens (including phenoxy) is 2. The minimum absolute atomic E-state index is 0.0910. The number of anilines is 1. The number of hydrogen-bond donors (Lipinski definition) is 1. The van der Waals surface area contributed by atoms with Crippen molar-refractivity contribution >= 4 is 23.2 Å². The Morgan fingerprint density at radius 1 is 1.08 bits per heavy atom. The number of hydrogen-bond acceptors (Lipinski definition) is 3. The van der Waals surface area contributed by atoms with E-state index in [4.69, 9.17) is 21.1 Å². The second-order valence-corrected chi connectivity index (χ2v) is 6.77. The Bertz CT molecular complexity index is 784. The van der Waals surface area contributed by atoms with Crippen molar-refractivity contribution in [1.82, 2.24) is 0 Å². The van der Waals surface area contributed by atoms with E-state index >= 15 is 0 Å². The number of nitrogens with one attached hydrogen (secondary N) is 1. The Kier molecular flexibility index (Phi) is 3.85. The van der Waals surface area contributed by atoms with E-state index in [1.165, 1.54) is 0 Å². The van der Waals surface area contributed by atoms with Crippen LogP contribution in [0.2, 0.25) is 5.02 Å². The number of amides is 1. The fourth-order valence-electron chi connectivity index (χ4n) is 3.33. The molecule has 1 heterocycles. The number of carbonyl (C=O) groups excluding carboxylic acids is 1. The smallest absolute Gasteiger partial charge is 0.251 e. The third-order valence-electron chi connectivity index (χ3n) is 4.44. The van der Waals surface area contributed by atoms with E-state index in [2.05, 4.69) is 5.32 Å². The van der Waals surface area contributed by atoms with Crippen LogP contribution in [0.1, 0.15) is 31.2 Å². The van der Waals surface area contributed by atoms with Crippen LogP contribution in [-0.4, -0.2) is 11.7 Å². The molecule has 1 fully saturated rings. The van der Waals surface area contributed by atoms with Gasteiger partial charge in [-0.25, -0.2) is 0 Å². The minimum Gasteiger partial charge on any atom is -0.448 e. The molecular formula is C19H18ClNO3. The molecule has 0 saturated heterocycles. The van der Waals surface area contributed by atoms with Crippen molar-refractivity contribution in [3.05, 3.63) is 53.1 Å². The third kappa shape index (κ3) is 3.06. The lowest BCUT2D eigenvalue weighted by atomic mass is 10.1. The van der Waals surface area contributed by atoms with Gasteiger partial charge in [0.1, 0.15) is 0 Å². The second-order valence-electron chi connectivity index (χ2n) is 6.34. The predicted molar refractivity (Wildman–Crippen MR) is 92.7 cm³/mol. The van der Waals surface area contributed by atoms with E-state index in [0.29, 0.717) is 16.5 Å². The first-order valence-corrected chi connectivity index (χ1v) is 8.56. The predicted octanol–water partition coefficient (Wildman–Crippen LogP) is 4.56. The minimum atomic E-state index is -0.480. The van der Waals surface area contributed by atoms with Crippen LogP contribution in [0.3, 0.4) is 0 Å². The lowest BCUT2D eigenvalue weighted by molar-refractivity contribution is -0.115. The molecule has 124 valence electrons. The zero-order valence-electron chi connectivity index (χ0n) is 13.2. The van der Waals surface area contributed by atoms with Gasteiger partial charge in [0, 0.05) is 29.6 Å². The van der Waals surface area contributed by atoms with Crippen LogP contribution in [-0.2, 0) is 11.2 Å². The van der Waals surface area contributed by atoms with Gasteiger partial charge in [-0.2, -0.15) is 0 Å². The number of halogens is 1. The molecule has 1 saturated carbocycles. The van der Waals surface area contributed by atoms with Gasteiger partial charge < -0.3 is 14.8 Å². The molecule has 0 aromatic heterocycles. The largest absolute Gasteiger partial charge is 0.448 e. The van der Waals surface area contributed by atoms with Crippen LogP contribution < -0.4 is 14.8 Å². The average molecular weight is 344 g/mol. The van der Waals surface area contributed by atoms with Crippen molar-refractivity contribution in [2.45, 2.75) is 37.9 Å². The molecule has 24 heavy (non-hydrogen) atoms. The maximum Gasteiger partial charge on any atom is 0.251 e. The monoisotopic (exact) mass is 343 g/mol. The van der Waals surface area contributed by atoms with Crippen molar-refractivity contribution in [2.24, 2.45) is 0 Å². The van der Waals surface area contributed by atoms with E-state index in [9.17, 15) is 4.79 Å². The number of carbonyl (C=O) groups is 1. The third-order valence-corrected chi connectivity index (χ3v) is 4.67. The fraction of sp³-hybridized carbons (Fsp3) is 0.316. The summed E-state index contributed by atoms with van der Waals surface area (Å²) < 4.78 is 12.0. The van der Waals surface area contributed by atoms with Crippen LogP contribution in [0.15, 0.2) is 42.5 Å². The Balaban J connectivity index is 1.44. The molecule has 0 unspecified atom stereocenters. The molecule has 2 aromatic rings. The summed E-state index contributed by atoms with van der Waals surface area (Å²) in [4.78, 5) is 12.2. The average Bonchev–Trinajstić information content (AvgIpc) is 3.13. The molecule has 2 aliphatic rings. The molecule has 4 nitrogen and oxygen atoms in total. The first-order chi connectivity index (χ1) is 11.6. The van der Waals surface area contributed by atoms with Crippen LogP contribution in [0.4, 0.5) is 5.69 Å². The normalized spacial score (nSPS) is 17.2. The van der Waals surface area contributed by atoms with E-state index in [1.54, 1.807) is 12.1 Å². The Labute approximate surface area is 145 Å². The summed E-state index contributed by atoms with van der Waals surface area (Å²) >= 11 is 5.95. The molecule has 1 N–H and O–H groups in total. The van der Waals surface area contributed by atoms with Gasteiger partial charge >= 0.3 is 0 Å². The summed E-state index contributed by atoms with van der Waals surface area (Å²) in [6, 6.07) is 12.8. The molecule has 0 atom stereocenters. The van der Waals surface area contributed by atoms with Crippen molar-refractivity contribution in [1.29, 1.82) is 0 Å². The zero-order valence-corrected chi connectivity index (χ0v) is 13.9. The highest BCUT2D eigenvalue weighted by atomic mass is 35.5. The van der Waals surface area contributed by atoms with Gasteiger partial charge in [0.15, 0.2) is 11.5 Å². The molecule has 1 amide bonds. The molecule has 1 aliphatic carbocycles. The molecule has 0 bridgehead atoms. The highest BCUT2D eigenvalue weighted by Crippen LogP contribution is 2.47. The lowest BCUT2D eigenvalue weighted by Crippen LogP contribution is -2.34. The van der Waals surface area contributed by atoms with Crippen LogP contribution >= 0.6 is 11.6 Å². The van der Waals surface area contributed by atoms with Crippen LogP contribution in [0, 0.1) is 0 Å². The lowest BCUT2D eigenvalue weighted by Gasteiger charge is -2.21. The molecular weight excluding hydrogens is 326 g/mol. The van der Waals surface area contributed by atoms with Gasteiger partial charge in [0.25, 0.3) is 5.79 Å². The summed E-state index contributed by atoms with van der Waals surface area (Å²) in [5, 5.41) is 3.53. The van der Waals surface area contributed by atoms with E-state index < -0.39 is 5.79 Å². The molecule has 4 rings (SSSR count). The summed E-state index contributed by atoms with van der Waals surface area (Å²) in [6.45, 7) is 0.